The van der Waals surface area contributed by atoms with Crippen molar-refractivity contribution in [2.45, 2.75) is 41.0 Å². The van der Waals surface area contributed by atoms with Gasteiger partial charge in [-0.05, 0) is 31.5 Å². The van der Waals surface area contributed by atoms with Crippen molar-refractivity contribution in [1.82, 2.24) is 4.90 Å². The van der Waals surface area contributed by atoms with Crippen LogP contribution < -0.4 is 0 Å². The summed E-state index contributed by atoms with van der Waals surface area (Å²) in [7, 11) is 0. The van der Waals surface area contributed by atoms with Crippen LogP contribution in [0.25, 0.3) is 0 Å². The van der Waals surface area contributed by atoms with Crippen LogP contribution in [0.1, 0.15) is 40.2 Å². The summed E-state index contributed by atoms with van der Waals surface area (Å²) in [5.41, 5.74) is 1.37. The van der Waals surface area contributed by atoms with Crippen molar-refractivity contribution in [3.05, 3.63) is 59.9 Å². The Kier molecular flexibility index (Phi) is 12.2. The predicted octanol–water partition coefficient (Wildman–Crippen LogP) is 5.23. The highest BCUT2D eigenvalue weighted by molar-refractivity contribution is 5.15. The van der Waals surface area contributed by atoms with Crippen LogP contribution in [0.4, 0.5) is 0 Å². The minimum Gasteiger partial charge on any atom is -0.512 e. The second kappa shape index (κ2) is 13.1. The monoisotopic (exact) mass is 303 g/mol. The van der Waals surface area contributed by atoms with Crippen LogP contribution in [-0.2, 0) is 6.42 Å². The summed E-state index contributed by atoms with van der Waals surface area (Å²) in [6.07, 6.45) is 6.65. The molecule has 0 aliphatic heterocycles. The van der Waals surface area contributed by atoms with Crippen LogP contribution in [0.5, 0.6) is 0 Å². The molecule has 0 saturated carbocycles. The molecule has 0 spiro atoms. The van der Waals surface area contributed by atoms with Gasteiger partial charge in [0.05, 0.1) is 5.76 Å². The fourth-order valence-corrected chi connectivity index (χ4v) is 2.15. The van der Waals surface area contributed by atoms with Crippen molar-refractivity contribution in [2.75, 3.05) is 19.6 Å². The van der Waals surface area contributed by atoms with Gasteiger partial charge in [-0.3, -0.25) is 0 Å². The van der Waals surface area contributed by atoms with Crippen LogP contribution in [0.3, 0.4) is 0 Å². The van der Waals surface area contributed by atoms with E-state index < -0.39 is 0 Å². The van der Waals surface area contributed by atoms with E-state index >= 15 is 0 Å². The van der Waals surface area contributed by atoms with Gasteiger partial charge in [-0.1, -0.05) is 70.2 Å². The molecule has 1 N–H and O–H groups in total. The summed E-state index contributed by atoms with van der Waals surface area (Å²) >= 11 is 0. The minimum absolute atomic E-state index is 0.168. The molecule has 0 fully saturated rings. The molecule has 0 radical (unpaired) electrons. The number of allylic oxidation sites excluding steroid dienone is 3. The number of hydrogen-bond donors (Lipinski definition) is 1. The molecule has 0 heterocycles. The number of benzene rings is 1. The predicted molar refractivity (Wildman–Crippen MR) is 98.3 cm³/mol. The molecule has 124 valence electrons. The van der Waals surface area contributed by atoms with Gasteiger partial charge in [-0.2, -0.15) is 0 Å². The minimum atomic E-state index is 0.168. The Balaban J connectivity index is 0.00000211. The summed E-state index contributed by atoms with van der Waals surface area (Å²) in [6, 6.07) is 10.6. The van der Waals surface area contributed by atoms with Crippen LogP contribution in [0.15, 0.2) is 54.3 Å². The van der Waals surface area contributed by atoms with Crippen molar-refractivity contribution < 1.29 is 5.11 Å². The first-order valence-electron chi connectivity index (χ1n) is 8.45. The van der Waals surface area contributed by atoms with Gasteiger partial charge in [0.2, 0.25) is 0 Å². The molecule has 0 aliphatic carbocycles. The van der Waals surface area contributed by atoms with Crippen LogP contribution in [-0.4, -0.2) is 29.6 Å². The zero-order valence-corrected chi connectivity index (χ0v) is 14.9. The van der Waals surface area contributed by atoms with Gasteiger partial charge < -0.3 is 10.0 Å². The largest absolute Gasteiger partial charge is 0.512 e. The number of nitrogens with zero attached hydrogens (tertiary/aromatic N) is 1. The highest BCUT2D eigenvalue weighted by Crippen LogP contribution is 2.10. The van der Waals surface area contributed by atoms with Crippen molar-refractivity contribution in [3.63, 3.8) is 0 Å². The van der Waals surface area contributed by atoms with Crippen molar-refractivity contribution in [3.8, 4) is 0 Å². The molecule has 0 aliphatic rings. The standard InChI is InChI=1S/C18H27NO.C2H6/c1-4-6-12-18(20)16(3)15-19(5-2)14-13-17-10-8-7-9-11-17;1-2/h4,6-12,16,20H,5,13-15H2,1-3H3;1-2H3/b6-4-,18-12+;. The van der Waals surface area contributed by atoms with E-state index in [1.165, 1.54) is 5.56 Å². The smallest absolute Gasteiger partial charge is 0.0963 e. The lowest BCUT2D eigenvalue weighted by atomic mass is 10.1. The van der Waals surface area contributed by atoms with Crippen LogP contribution >= 0.6 is 0 Å². The molecule has 1 aromatic rings. The van der Waals surface area contributed by atoms with Gasteiger partial charge in [0.25, 0.3) is 0 Å². The summed E-state index contributed by atoms with van der Waals surface area (Å²) in [6.45, 7) is 13.1. The third-order valence-electron chi connectivity index (χ3n) is 3.50. The molecule has 0 aromatic heterocycles. The first kappa shape index (κ1) is 20.5. The topological polar surface area (TPSA) is 23.5 Å². The van der Waals surface area contributed by atoms with E-state index in [0.717, 1.165) is 26.1 Å². The lowest BCUT2D eigenvalue weighted by Crippen LogP contribution is -2.31. The second-order valence-electron chi connectivity index (χ2n) is 5.15. The Morgan fingerprint density at radius 1 is 1.23 bits per heavy atom. The third kappa shape index (κ3) is 8.68. The molecule has 2 nitrogen and oxygen atoms in total. The maximum Gasteiger partial charge on any atom is 0.0963 e. The SMILES string of the molecule is C/C=C\C=C(\O)C(C)CN(CC)CCc1ccccc1.CC. The summed E-state index contributed by atoms with van der Waals surface area (Å²) in [5.74, 6) is 0.628. The summed E-state index contributed by atoms with van der Waals surface area (Å²) < 4.78 is 0. The highest BCUT2D eigenvalue weighted by Gasteiger charge is 2.11. The lowest BCUT2D eigenvalue weighted by Gasteiger charge is -2.24. The molecule has 1 atom stereocenters. The lowest BCUT2D eigenvalue weighted by molar-refractivity contribution is 0.230. The van der Waals surface area contributed by atoms with Gasteiger partial charge in [0, 0.05) is 19.0 Å². The third-order valence-corrected chi connectivity index (χ3v) is 3.50. The quantitative estimate of drug-likeness (QED) is 0.525. The molecular formula is C20H33NO. The van der Waals surface area contributed by atoms with Crippen molar-refractivity contribution in [2.24, 2.45) is 5.92 Å². The number of aliphatic hydroxyl groups excluding tert-OH is 1. The van der Waals surface area contributed by atoms with Gasteiger partial charge >= 0.3 is 0 Å². The summed E-state index contributed by atoms with van der Waals surface area (Å²) in [4.78, 5) is 2.39. The van der Waals surface area contributed by atoms with Gasteiger partial charge in [-0.15, -0.1) is 0 Å². The molecule has 1 unspecified atom stereocenters. The maximum absolute atomic E-state index is 9.96. The summed E-state index contributed by atoms with van der Waals surface area (Å²) in [5, 5.41) is 9.96. The normalized spacial score (nSPS) is 13.1. The molecule has 0 amide bonds. The van der Waals surface area contributed by atoms with E-state index in [2.05, 4.69) is 43.0 Å². The van der Waals surface area contributed by atoms with Crippen LogP contribution in [0.2, 0.25) is 0 Å². The number of aliphatic hydroxyl groups is 1. The molecule has 0 bridgehead atoms. The van der Waals surface area contributed by atoms with E-state index in [0.29, 0.717) is 5.76 Å². The Bertz CT molecular complexity index is 423. The Labute approximate surface area is 137 Å². The first-order valence-corrected chi connectivity index (χ1v) is 8.45. The zero-order valence-electron chi connectivity index (χ0n) is 14.9. The Hall–Kier alpha value is -1.54. The molecular weight excluding hydrogens is 270 g/mol. The van der Waals surface area contributed by atoms with Crippen LogP contribution in [0, 0.1) is 5.92 Å². The first-order chi connectivity index (χ1) is 10.7. The number of rotatable bonds is 8. The van der Waals surface area contributed by atoms with E-state index in [9.17, 15) is 5.11 Å². The Morgan fingerprint density at radius 3 is 2.41 bits per heavy atom. The molecule has 1 aromatic carbocycles. The fourth-order valence-electron chi connectivity index (χ4n) is 2.15. The Morgan fingerprint density at radius 2 is 1.86 bits per heavy atom. The van der Waals surface area contributed by atoms with Crippen molar-refractivity contribution >= 4 is 0 Å². The van der Waals surface area contributed by atoms with E-state index in [1.807, 2.05) is 39.0 Å². The highest BCUT2D eigenvalue weighted by atomic mass is 16.3. The average molecular weight is 303 g/mol. The fraction of sp³-hybridized carbons (Fsp3) is 0.500. The zero-order chi connectivity index (χ0) is 16.8. The van der Waals surface area contributed by atoms with Gasteiger partial charge in [-0.25, -0.2) is 0 Å². The molecule has 1 rings (SSSR count). The average Bonchev–Trinajstić information content (AvgIpc) is 2.58. The number of hydrogen-bond acceptors (Lipinski definition) is 2. The van der Waals surface area contributed by atoms with E-state index in [1.54, 1.807) is 6.08 Å². The number of likely N-dealkylation sites (N-methyl/N-ethyl adjacent to an activating group) is 1. The van der Waals surface area contributed by atoms with E-state index in [-0.39, 0.29) is 5.92 Å². The molecule has 0 saturated heterocycles. The van der Waals surface area contributed by atoms with Crippen molar-refractivity contribution in [1.29, 1.82) is 0 Å². The van der Waals surface area contributed by atoms with E-state index in [4.69, 9.17) is 0 Å². The van der Waals surface area contributed by atoms with Gasteiger partial charge in [0.15, 0.2) is 0 Å². The van der Waals surface area contributed by atoms with Gasteiger partial charge in [0.1, 0.15) is 0 Å². The maximum atomic E-state index is 9.96. The molecule has 22 heavy (non-hydrogen) atoms. The molecule has 2 heteroatoms. The second-order valence-corrected chi connectivity index (χ2v) is 5.15.